The first-order valence-electron chi connectivity index (χ1n) is 10.4. The van der Waals surface area contributed by atoms with E-state index in [0.29, 0.717) is 17.5 Å². The molecule has 1 aliphatic rings. The van der Waals surface area contributed by atoms with E-state index in [1.165, 1.54) is 6.33 Å². The number of pyridine rings is 1. The largest absolute Gasteiger partial charge is 0.480 e. The second-order valence-corrected chi connectivity index (χ2v) is 7.85. The molecule has 160 valence electrons. The van der Waals surface area contributed by atoms with Gasteiger partial charge in [-0.25, -0.2) is 9.50 Å². The van der Waals surface area contributed by atoms with Gasteiger partial charge in [-0.1, -0.05) is 0 Å². The molecule has 10 heteroatoms. The van der Waals surface area contributed by atoms with Gasteiger partial charge in [0.05, 0.1) is 12.5 Å². The highest BCUT2D eigenvalue weighted by Crippen LogP contribution is 2.35. The summed E-state index contributed by atoms with van der Waals surface area (Å²) in [5.74, 6) is 1.08. The topological polar surface area (TPSA) is 122 Å². The van der Waals surface area contributed by atoms with Crippen molar-refractivity contribution in [2.75, 3.05) is 12.4 Å². The maximum atomic E-state index is 11.3. The number of rotatable bonds is 5. The molecular formula is C21H24N8O2. The van der Waals surface area contributed by atoms with Crippen LogP contribution >= 0.6 is 0 Å². The summed E-state index contributed by atoms with van der Waals surface area (Å²) in [5.41, 5.74) is 3.39. The van der Waals surface area contributed by atoms with Gasteiger partial charge in [0.1, 0.15) is 12.0 Å². The average Bonchev–Trinajstić information content (AvgIpc) is 3.40. The first-order valence-corrected chi connectivity index (χ1v) is 10.4. The van der Waals surface area contributed by atoms with Crippen LogP contribution in [0.5, 0.6) is 5.88 Å². The Bertz CT molecular complexity index is 1240. The third-order valence-electron chi connectivity index (χ3n) is 5.75. The molecule has 0 aliphatic heterocycles. The Labute approximate surface area is 178 Å². The summed E-state index contributed by atoms with van der Waals surface area (Å²) in [6.07, 6.45) is 9.08. The van der Waals surface area contributed by atoms with E-state index >= 15 is 0 Å². The molecule has 1 saturated carbocycles. The van der Waals surface area contributed by atoms with Crippen LogP contribution in [0.3, 0.4) is 0 Å². The molecule has 0 bridgehead atoms. The summed E-state index contributed by atoms with van der Waals surface area (Å²) < 4.78 is 7.34. The van der Waals surface area contributed by atoms with Crippen LogP contribution in [-0.4, -0.2) is 54.7 Å². The summed E-state index contributed by atoms with van der Waals surface area (Å²) in [5, 5.41) is 11.4. The van der Waals surface area contributed by atoms with Crippen LogP contribution in [0.2, 0.25) is 0 Å². The van der Waals surface area contributed by atoms with E-state index in [0.717, 1.165) is 47.8 Å². The molecule has 1 fully saturated rings. The van der Waals surface area contributed by atoms with Crippen molar-refractivity contribution in [3.05, 3.63) is 30.9 Å². The molecule has 31 heavy (non-hydrogen) atoms. The lowest BCUT2D eigenvalue weighted by Crippen LogP contribution is -2.39. The zero-order chi connectivity index (χ0) is 21.4. The van der Waals surface area contributed by atoms with Crippen molar-refractivity contribution in [2.24, 2.45) is 0 Å². The molecule has 3 N–H and O–H groups in total. The SMILES string of the molecule is COc1nc(N[C@H]2CC[C@@H](NC(C)=O)CC2)nc2[nH]cc(-c3ccn4ncnc4c3)c12. The van der Waals surface area contributed by atoms with Gasteiger partial charge < -0.3 is 20.4 Å². The molecule has 0 spiro atoms. The molecule has 4 heterocycles. The number of carbonyl (C=O) groups excluding carboxylic acids is 1. The second-order valence-electron chi connectivity index (χ2n) is 7.85. The van der Waals surface area contributed by atoms with Gasteiger partial charge in [0, 0.05) is 37.0 Å². The summed E-state index contributed by atoms with van der Waals surface area (Å²) >= 11 is 0. The number of anilines is 1. The number of ether oxygens (including phenoxy) is 1. The van der Waals surface area contributed by atoms with E-state index in [1.807, 2.05) is 24.5 Å². The van der Waals surface area contributed by atoms with Gasteiger partial charge in [-0.2, -0.15) is 15.1 Å². The molecular weight excluding hydrogens is 396 g/mol. The Morgan fingerprint density at radius 2 is 2.03 bits per heavy atom. The van der Waals surface area contributed by atoms with E-state index < -0.39 is 0 Å². The number of aromatic amines is 1. The van der Waals surface area contributed by atoms with Crippen molar-refractivity contribution < 1.29 is 9.53 Å². The Morgan fingerprint density at radius 3 is 2.81 bits per heavy atom. The van der Waals surface area contributed by atoms with Gasteiger partial charge in [-0.15, -0.1) is 0 Å². The van der Waals surface area contributed by atoms with E-state index in [2.05, 4.69) is 35.7 Å². The highest BCUT2D eigenvalue weighted by molar-refractivity contribution is 5.98. The van der Waals surface area contributed by atoms with Crippen molar-refractivity contribution >= 4 is 28.5 Å². The molecule has 5 rings (SSSR count). The Hall–Kier alpha value is -3.69. The average molecular weight is 420 g/mol. The van der Waals surface area contributed by atoms with Crippen molar-refractivity contribution in [3.8, 4) is 17.0 Å². The fourth-order valence-electron chi connectivity index (χ4n) is 4.27. The minimum atomic E-state index is 0.0284. The number of hydrogen-bond acceptors (Lipinski definition) is 7. The van der Waals surface area contributed by atoms with Crippen LogP contribution in [0, 0.1) is 0 Å². The lowest BCUT2D eigenvalue weighted by molar-refractivity contribution is -0.119. The molecule has 0 saturated heterocycles. The van der Waals surface area contributed by atoms with Gasteiger partial charge in [0.15, 0.2) is 5.65 Å². The zero-order valence-corrected chi connectivity index (χ0v) is 17.4. The van der Waals surface area contributed by atoms with Crippen LogP contribution < -0.4 is 15.4 Å². The van der Waals surface area contributed by atoms with Gasteiger partial charge in [0.25, 0.3) is 0 Å². The van der Waals surface area contributed by atoms with Gasteiger partial charge in [0.2, 0.25) is 17.7 Å². The van der Waals surface area contributed by atoms with Crippen molar-refractivity contribution in [3.63, 3.8) is 0 Å². The molecule has 0 aromatic carbocycles. The monoisotopic (exact) mass is 420 g/mol. The molecule has 4 aromatic rings. The normalized spacial score (nSPS) is 18.9. The second kappa shape index (κ2) is 7.86. The number of methoxy groups -OCH3 is 1. The molecule has 0 atom stereocenters. The van der Waals surface area contributed by atoms with Crippen LogP contribution in [0.4, 0.5) is 5.95 Å². The highest BCUT2D eigenvalue weighted by Gasteiger charge is 2.23. The van der Waals surface area contributed by atoms with Crippen LogP contribution in [0.15, 0.2) is 30.9 Å². The summed E-state index contributed by atoms with van der Waals surface area (Å²) in [6.45, 7) is 1.56. The summed E-state index contributed by atoms with van der Waals surface area (Å²) in [6, 6.07) is 4.46. The number of amides is 1. The molecule has 0 radical (unpaired) electrons. The lowest BCUT2D eigenvalue weighted by atomic mass is 9.91. The number of nitrogens with zero attached hydrogens (tertiary/aromatic N) is 5. The third kappa shape index (κ3) is 3.76. The fraction of sp³-hybridized carbons (Fsp3) is 0.381. The number of H-pyrrole nitrogens is 1. The molecule has 1 aliphatic carbocycles. The molecule has 1 amide bonds. The van der Waals surface area contributed by atoms with Crippen molar-refractivity contribution in [1.82, 2.24) is 34.9 Å². The number of carbonyl (C=O) groups is 1. The number of hydrogen-bond donors (Lipinski definition) is 3. The Kier molecular flexibility index (Phi) is 4.89. The minimum absolute atomic E-state index is 0.0284. The van der Waals surface area contributed by atoms with E-state index in [1.54, 1.807) is 18.5 Å². The van der Waals surface area contributed by atoms with E-state index in [-0.39, 0.29) is 18.0 Å². The number of aromatic nitrogens is 6. The lowest BCUT2D eigenvalue weighted by Gasteiger charge is -2.29. The standard InChI is InChI=1S/C21H24N8O2/c1-12(30)25-14-3-5-15(6-4-14)26-21-27-19-18(20(28-21)31-2)16(10-22-19)13-7-8-29-17(9-13)23-11-24-29/h7-11,14-15H,3-6H2,1-2H3,(H,25,30)(H2,22,26,27,28)/t14-,15+. The third-order valence-corrected chi connectivity index (χ3v) is 5.75. The number of nitrogens with one attached hydrogen (secondary N) is 3. The van der Waals surface area contributed by atoms with Crippen LogP contribution in [0.25, 0.3) is 27.8 Å². The van der Waals surface area contributed by atoms with Crippen LogP contribution in [-0.2, 0) is 4.79 Å². The Balaban J connectivity index is 1.40. The minimum Gasteiger partial charge on any atom is -0.480 e. The Morgan fingerprint density at radius 1 is 1.23 bits per heavy atom. The van der Waals surface area contributed by atoms with Gasteiger partial charge in [-0.3, -0.25) is 4.79 Å². The first kappa shape index (κ1) is 19.3. The maximum Gasteiger partial charge on any atom is 0.228 e. The van der Waals surface area contributed by atoms with Gasteiger partial charge >= 0.3 is 0 Å². The number of fused-ring (bicyclic) bond motifs is 2. The molecule has 0 unspecified atom stereocenters. The highest BCUT2D eigenvalue weighted by atomic mass is 16.5. The van der Waals surface area contributed by atoms with Gasteiger partial charge in [-0.05, 0) is 43.4 Å². The summed E-state index contributed by atoms with van der Waals surface area (Å²) in [7, 11) is 1.61. The molecule has 10 nitrogen and oxygen atoms in total. The van der Waals surface area contributed by atoms with E-state index in [9.17, 15) is 4.79 Å². The maximum absolute atomic E-state index is 11.3. The predicted octanol–water partition coefficient (Wildman–Crippen LogP) is 2.54. The fourth-order valence-corrected chi connectivity index (χ4v) is 4.27. The zero-order valence-electron chi connectivity index (χ0n) is 17.4. The van der Waals surface area contributed by atoms with Crippen molar-refractivity contribution in [2.45, 2.75) is 44.7 Å². The predicted molar refractivity (Wildman–Crippen MR) is 116 cm³/mol. The van der Waals surface area contributed by atoms with Crippen molar-refractivity contribution in [1.29, 1.82) is 0 Å². The smallest absolute Gasteiger partial charge is 0.228 e. The molecule has 4 aromatic heterocycles. The van der Waals surface area contributed by atoms with Crippen LogP contribution in [0.1, 0.15) is 32.6 Å². The summed E-state index contributed by atoms with van der Waals surface area (Å²) in [4.78, 5) is 28.1. The van der Waals surface area contributed by atoms with E-state index in [4.69, 9.17) is 4.74 Å². The first-order chi connectivity index (χ1) is 15.1. The quantitative estimate of drug-likeness (QED) is 0.453.